The van der Waals surface area contributed by atoms with Gasteiger partial charge in [0.2, 0.25) is 0 Å². The smallest absolute Gasteiger partial charge is 0.462 e. The van der Waals surface area contributed by atoms with Crippen LogP contribution in [0.1, 0.15) is 363 Å². The molecule has 0 aromatic heterocycles. The van der Waals surface area contributed by atoms with Crippen LogP contribution in [-0.4, -0.2) is 96.7 Å². The van der Waals surface area contributed by atoms with Crippen LogP contribution in [0.25, 0.3) is 0 Å². The highest BCUT2D eigenvalue weighted by Crippen LogP contribution is 2.45. The minimum atomic E-state index is -4.97. The van der Waals surface area contributed by atoms with Gasteiger partial charge in [0.05, 0.1) is 26.4 Å². The summed E-state index contributed by atoms with van der Waals surface area (Å²) in [7, 11) is -9.92. The molecule has 0 heterocycles. The fourth-order valence-electron chi connectivity index (χ4n) is 11.0. The number of hydrogen-bond acceptors (Lipinski definition) is 15. The van der Waals surface area contributed by atoms with Gasteiger partial charge in [-0.2, -0.15) is 0 Å². The number of unbranched alkanes of at least 4 members (excludes halogenated alkanes) is 36. The third kappa shape index (κ3) is 68.5. The Morgan fingerprint density at radius 2 is 0.621 bits per heavy atom. The van der Waals surface area contributed by atoms with Gasteiger partial charge < -0.3 is 33.8 Å². The van der Waals surface area contributed by atoms with Crippen molar-refractivity contribution < 1.29 is 80.2 Å². The summed E-state index contributed by atoms with van der Waals surface area (Å²) in [5, 5.41) is 10.6. The molecule has 0 fully saturated rings. The minimum absolute atomic E-state index is 0.0848. The zero-order valence-electron chi connectivity index (χ0n) is 61.6. The molecule has 0 radical (unpaired) electrons. The normalized spacial score (nSPS) is 14.5. The summed E-state index contributed by atoms with van der Waals surface area (Å²) in [4.78, 5) is 72.8. The summed E-state index contributed by atoms with van der Waals surface area (Å²) >= 11 is 0. The average Bonchev–Trinajstić information content (AvgIpc) is 3.57. The first-order valence-corrected chi connectivity index (χ1v) is 41.7. The predicted molar refractivity (Wildman–Crippen MR) is 386 cm³/mol. The fraction of sp³-hybridized carbons (Fsp3) is 0.895. The lowest BCUT2D eigenvalue weighted by Crippen LogP contribution is -2.30. The largest absolute Gasteiger partial charge is 0.472 e. The molecule has 0 spiro atoms. The molecular formula is C76H144O17P2. The summed E-state index contributed by atoms with van der Waals surface area (Å²) in [6.07, 6.45) is 55.0. The van der Waals surface area contributed by atoms with Crippen molar-refractivity contribution in [1.29, 1.82) is 0 Å². The number of aliphatic hydroxyl groups is 1. The van der Waals surface area contributed by atoms with Crippen LogP contribution in [0.2, 0.25) is 0 Å². The highest BCUT2D eigenvalue weighted by atomic mass is 31.2. The molecule has 0 rings (SSSR count). The standard InChI is InChI=1S/C76H144O17P2/c1-8-10-11-12-13-14-15-16-17-22-25-28-38-45-52-59-75(80)92-71(63-86-73(78)57-50-43-36-27-24-21-19-18-20-23-26-35-42-49-56-69(7)9-2)65-90-94(82,83)88-61-70(77)62-89-95(84,85)91-66-72(93-76(81)60-53-46-39-32-30-34-41-48-55-68(5)6)64-87-74(79)58-51-44-37-31-29-33-40-47-54-67(3)4/h14-17,67-72,77H,8-13,18-66H2,1-7H3,(H,82,83)(H,84,85)/b15-14-,17-16-/t69?,70?,71-,72-/m1/s1. The maximum Gasteiger partial charge on any atom is 0.472 e. The van der Waals surface area contributed by atoms with Crippen molar-refractivity contribution in [2.75, 3.05) is 39.6 Å². The van der Waals surface area contributed by atoms with Crippen molar-refractivity contribution in [3.63, 3.8) is 0 Å². The van der Waals surface area contributed by atoms with Crippen molar-refractivity contribution in [2.45, 2.75) is 381 Å². The first-order chi connectivity index (χ1) is 45.8. The molecule has 560 valence electrons. The third-order valence-corrected chi connectivity index (χ3v) is 19.3. The van der Waals surface area contributed by atoms with E-state index in [0.29, 0.717) is 31.6 Å². The summed E-state index contributed by atoms with van der Waals surface area (Å²) in [6.45, 7) is 11.8. The summed E-state index contributed by atoms with van der Waals surface area (Å²) < 4.78 is 68.4. The molecule has 0 saturated carbocycles. The van der Waals surface area contributed by atoms with Crippen LogP contribution >= 0.6 is 15.6 Å². The molecule has 0 bridgehead atoms. The number of phosphoric ester groups is 2. The third-order valence-electron chi connectivity index (χ3n) is 17.4. The summed E-state index contributed by atoms with van der Waals surface area (Å²) in [5.74, 6) is 0.138. The first kappa shape index (κ1) is 92.5. The Bertz CT molecular complexity index is 1950. The Labute approximate surface area is 580 Å². The van der Waals surface area contributed by atoms with E-state index in [9.17, 15) is 43.2 Å². The van der Waals surface area contributed by atoms with E-state index >= 15 is 0 Å². The number of ether oxygens (including phenoxy) is 4. The van der Waals surface area contributed by atoms with E-state index in [1.54, 1.807) is 0 Å². The Hall–Kier alpha value is -2.46. The van der Waals surface area contributed by atoms with Crippen LogP contribution in [-0.2, 0) is 65.4 Å². The number of phosphoric acid groups is 2. The van der Waals surface area contributed by atoms with Crippen molar-refractivity contribution >= 4 is 39.5 Å². The van der Waals surface area contributed by atoms with Crippen molar-refractivity contribution in [3.05, 3.63) is 24.3 Å². The number of esters is 4. The number of aliphatic hydroxyl groups excluding tert-OH is 1. The van der Waals surface area contributed by atoms with E-state index in [1.165, 1.54) is 161 Å². The van der Waals surface area contributed by atoms with Gasteiger partial charge in [-0.3, -0.25) is 37.3 Å². The lowest BCUT2D eigenvalue weighted by atomic mass is 9.99. The Balaban J connectivity index is 5.27. The molecule has 0 saturated heterocycles. The Morgan fingerprint density at radius 3 is 0.937 bits per heavy atom. The van der Waals surface area contributed by atoms with Gasteiger partial charge in [0.15, 0.2) is 12.2 Å². The van der Waals surface area contributed by atoms with Gasteiger partial charge in [0.25, 0.3) is 0 Å². The van der Waals surface area contributed by atoms with Crippen molar-refractivity contribution in [3.8, 4) is 0 Å². The van der Waals surface area contributed by atoms with E-state index in [2.05, 4.69) is 72.8 Å². The van der Waals surface area contributed by atoms with Crippen LogP contribution in [0.5, 0.6) is 0 Å². The van der Waals surface area contributed by atoms with Gasteiger partial charge in [-0.25, -0.2) is 9.13 Å². The molecule has 0 aromatic carbocycles. The van der Waals surface area contributed by atoms with Gasteiger partial charge >= 0.3 is 39.5 Å². The molecule has 0 aliphatic rings. The van der Waals surface area contributed by atoms with E-state index in [-0.39, 0.29) is 25.7 Å². The molecule has 19 heteroatoms. The summed E-state index contributed by atoms with van der Waals surface area (Å²) in [6, 6.07) is 0. The lowest BCUT2D eigenvalue weighted by Gasteiger charge is -2.21. The number of hydrogen-bond donors (Lipinski definition) is 3. The van der Waals surface area contributed by atoms with Crippen molar-refractivity contribution in [1.82, 2.24) is 0 Å². The highest BCUT2D eigenvalue weighted by molar-refractivity contribution is 7.47. The zero-order chi connectivity index (χ0) is 70.1. The molecule has 0 aliphatic heterocycles. The second kappa shape index (κ2) is 66.1. The molecule has 95 heavy (non-hydrogen) atoms. The Morgan fingerprint density at radius 1 is 0.347 bits per heavy atom. The van der Waals surface area contributed by atoms with Crippen LogP contribution < -0.4 is 0 Å². The van der Waals surface area contributed by atoms with Gasteiger partial charge in [0, 0.05) is 25.7 Å². The number of carbonyl (C=O) groups is 4. The van der Waals surface area contributed by atoms with Gasteiger partial charge in [0.1, 0.15) is 19.3 Å². The second-order valence-corrected chi connectivity index (χ2v) is 30.8. The number of carbonyl (C=O) groups excluding carboxylic acids is 4. The molecule has 3 N–H and O–H groups in total. The molecular weight excluding hydrogens is 1250 g/mol. The lowest BCUT2D eigenvalue weighted by molar-refractivity contribution is -0.161. The average molecular weight is 1390 g/mol. The van der Waals surface area contributed by atoms with Gasteiger partial charge in [-0.1, -0.05) is 310 Å². The molecule has 0 aromatic rings. The zero-order valence-corrected chi connectivity index (χ0v) is 63.4. The molecule has 4 unspecified atom stereocenters. The maximum absolute atomic E-state index is 13.1. The van der Waals surface area contributed by atoms with E-state index in [4.69, 9.17) is 37.0 Å². The number of allylic oxidation sites excluding steroid dienone is 4. The monoisotopic (exact) mass is 1390 g/mol. The highest BCUT2D eigenvalue weighted by Gasteiger charge is 2.30. The fourth-order valence-corrected chi connectivity index (χ4v) is 12.6. The van der Waals surface area contributed by atoms with Crippen LogP contribution in [0.3, 0.4) is 0 Å². The molecule has 0 amide bonds. The predicted octanol–water partition coefficient (Wildman–Crippen LogP) is 21.7. The van der Waals surface area contributed by atoms with Gasteiger partial charge in [-0.15, -0.1) is 0 Å². The number of rotatable bonds is 72. The van der Waals surface area contributed by atoms with E-state index < -0.39 is 97.5 Å². The van der Waals surface area contributed by atoms with Crippen LogP contribution in [0.4, 0.5) is 0 Å². The quantitative estimate of drug-likeness (QED) is 0.0169. The van der Waals surface area contributed by atoms with Gasteiger partial charge in [-0.05, 0) is 69.1 Å². The summed E-state index contributed by atoms with van der Waals surface area (Å²) in [5.41, 5.74) is 0. The second-order valence-electron chi connectivity index (χ2n) is 27.9. The molecule has 6 atom stereocenters. The van der Waals surface area contributed by atoms with Crippen LogP contribution in [0, 0.1) is 17.8 Å². The molecule has 0 aliphatic carbocycles. The maximum atomic E-state index is 13.1. The first-order valence-electron chi connectivity index (χ1n) is 38.7. The van der Waals surface area contributed by atoms with E-state index in [0.717, 1.165) is 115 Å². The minimum Gasteiger partial charge on any atom is -0.462 e. The molecule has 17 nitrogen and oxygen atoms in total. The van der Waals surface area contributed by atoms with Crippen molar-refractivity contribution in [2.24, 2.45) is 17.8 Å². The Kier molecular flexibility index (Phi) is 64.4. The van der Waals surface area contributed by atoms with E-state index in [1.807, 2.05) is 0 Å². The van der Waals surface area contributed by atoms with Crippen LogP contribution in [0.15, 0.2) is 24.3 Å². The SMILES string of the molecule is CCCCCC/C=C\C=C/CCCCCCCC(=O)O[C@H](COC(=O)CCCCCCCCCCCCCCCCC(C)CC)COP(=O)(O)OCC(O)COP(=O)(O)OC[C@@H](COC(=O)CCCCCCCCCCC(C)C)OC(=O)CCCCCCCCCCC(C)C. The topological polar surface area (TPSA) is 237 Å².